The molecule has 0 bridgehead atoms. The van der Waals surface area contributed by atoms with Crippen LogP contribution in [0.1, 0.15) is 12.0 Å². The summed E-state index contributed by atoms with van der Waals surface area (Å²) in [5.74, 6) is -0.241. The monoisotopic (exact) mass is 334 g/mol. The van der Waals surface area contributed by atoms with E-state index in [9.17, 15) is 8.42 Å². The molecule has 0 fully saturated rings. The van der Waals surface area contributed by atoms with Crippen LogP contribution in [0.2, 0.25) is 0 Å². The molecule has 2 aromatic rings. The first-order chi connectivity index (χ1) is 10.9. The molecule has 0 amide bonds. The number of rotatable bonds is 7. The van der Waals surface area contributed by atoms with Gasteiger partial charge in [-0.3, -0.25) is 9.56 Å². The van der Waals surface area contributed by atoms with Crippen molar-refractivity contribution in [2.24, 2.45) is 5.10 Å². The summed E-state index contributed by atoms with van der Waals surface area (Å²) in [6, 6.07) is 13.6. The molecule has 1 N–H and O–H groups in total. The molecular formula is C16H20N3O3S+. The van der Waals surface area contributed by atoms with E-state index in [0.29, 0.717) is 13.0 Å². The zero-order valence-electron chi connectivity index (χ0n) is 12.9. The lowest BCUT2D eigenvalue weighted by Gasteiger charge is -2.11. The Morgan fingerprint density at radius 3 is 2.65 bits per heavy atom. The van der Waals surface area contributed by atoms with Crippen molar-refractivity contribution in [3.8, 4) is 0 Å². The summed E-state index contributed by atoms with van der Waals surface area (Å²) in [4.78, 5) is 0. The summed E-state index contributed by atoms with van der Waals surface area (Å²) in [5, 5.41) is 6.16. The second-order valence-corrected chi connectivity index (χ2v) is 6.69. The van der Waals surface area contributed by atoms with E-state index in [4.69, 9.17) is 4.55 Å². The van der Waals surface area contributed by atoms with Crippen molar-refractivity contribution in [2.75, 3.05) is 17.8 Å². The Bertz CT molecular complexity index is 761. The first-order valence-corrected chi connectivity index (χ1v) is 8.82. The van der Waals surface area contributed by atoms with Crippen molar-refractivity contribution in [3.63, 3.8) is 0 Å². The number of nitrogens with zero attached hydrogens (tertiary/aromatic N) is 3. The molecule has 0 aliphatic carbocycles. The van der Waals surface area contributed by atoms with Gasteiger partial charge in [-0.2, -0.15) is 13.5 Å². The van der Waals surface area contributed by atoms with Gasteiger partial charge in [0.05, 0.1) is 23.2 Å². The van der Waals surface area contributed by atoms with Crippen molar-refractivity contribution in [3.05, 3.63) is 60.4 Å². The smallest absolute Gasteiger partial charge is 0.265 e. The van der Waals surface area contributed by atoms with Gasteiger partial charge in [0.2, 0.25) is 0 Å². The maximum atomic E-state index is 10.7. The number of aryl methyl sites for hydroxylation is 1. The fourth-order valence-electron chi connectivity index (χ4n) is 2.05. The number of hydrazone groups is 1. The summed E-state index contributed by atoms with van der Waals surface area (Å²) in [5.41, 5.74) is 1.89. The molecule has 1 heterocycles. The highest BCUT2D eigenvalue weighted by atomic mass is 32.2. The third-order valence-electron chi connectivity index (χ3n) is 3.21. The Morgan fingerprint density at radius 1 is 1.22 bits per heavy atom. The van der Waals surface area contributed by atoms with Gasteiger partial charge >= 0.3 is 0 Å². The molecular weight excluding hydrogens is 314 g/mol. The standard InChI is InChI=1S/C16H19N3O3S/c1-18(16-8-3-2-4-9-16)17-13-15-7-5-10-19(14-15)11-6-12-23(20,21)22/h2-5,7-10,13-14H,6,11-12H2,1H3/p+1/b17-13+. The number of pyridine rings is 1. The molecule has 2 rings (SSSR count). The van der Waals surface area contributed by atoms with Gasteiger partial charge in [-0.05, 0) is 18.2 Å². The van der Waals surface area contributed by atoms with E-state index in [-0.39, 0.29) is 5.75 Å². The first kappa shape index (κ1) is 17.1. The molecule has 0 unspecified atom stereocenters. The van der Waals surface area contributed by atoms with Gasteiger partial charge in [-0.15, -0.1) is 0 Å². The molecule has 1 aromatic carbocycles. The molecule has 1 aromatic heterocycles. The summed E-state index contributed by atoms with van der Waals surface area (Å²) < 4.78 is 32.1. The number of hydrogen-bond donors (Lipinski definition) is 1. The van der Waals surface area contributed by atoms with E-state index in [1.165, 1.54) is 0 Å². The predicted octanol–water partition coefficient (Wildman–Crippen LogP) is 1.72. The van der Waals surface area contributed by atoms with Gasteiger partial charge in [-0.1, -0.05) is 18.2 Å². The Morgan fingerprint density at radius 2 is 1.96 bits per heavy atom. The van der Waals surface area contributed by atoms with Gasteiger partial charge in [0, 0.05) is 19.5 Å². The molecule has 0 aliphatic heterocycles. The number of hydrogen-bond acceptors (Lipinski definition) is 4. The minimum atomic E-state index is -3.90. The zero-order valence-corrected chi connectivity index (χ0v) is 13.7. The van der Waals surface area contributed by atoms with Crippen LogP contribution in [0, 0.1) is 0 Å². The number of para-hydroxylation sites is 1. The minimum absolute atomic E-state index is 0.241. The summed E-state index contributed by atoms with van der Waals surface area (Å²) in [6.45, 7) is 0.510. The molecule has 122 valence electrons. The molecule has 0 saturated heterocycles. The van der Waals surface area contributed by atoms with E-state index < -0.39 is 10.1 Å². The lowest BCUT2D eigenvalue weighted by Crippen LogP contribution is -2.34. The third kappa shape index (κ3) is 6.17. The lowest BCUT2D eigenvalue weighted by atomic mass is 10.3. The fourth-order valence-corrected chi connectivity index (χ4v) is 2.54. The van der Waals surface area contributed by atoms with Crippen LogP contribution in [-0.4, -0.2) is 32.0 Å². The molecule has 23 heavy (non-hydrogen) atoms. The maximum Gasteiger partial charge on any atom is 0.265 e. The summed E-state index contributed by atoms with van der Waals surface area (Å²) in [6.07, 6.45) is 5.83. The van der Waals surface area contributed by atoms with Crippen molar-refractivity contribution >= 4 is 22.0 Å². The van der Waals surface area contributed by atoms with Crippen LogP contribution in [0.4, 0.5) is 5.69 Å². The second kappa shape index (κ2) is 7.85. The van der Waals surface area contributed by atoms with Crippen LogP contribution in [0.3, 0.4) is 0 Å². The summed E-state index contributed by atoms with van der Waals surface area (Å²) >= 11 is 0. The highest BCUT2D eigenvalue weighted by molar-refractivity contribution is 7.85. The normalized spacial score (nSPS) is 11.7. The molecule has 0 saturated carbocycles. The van der Waals surface area contributed by atoms with Crippen molar-refractivity contribution < 1.29 is 17.5 Å². The topological polar surface area (TPSA) is 73.8 Å². The van der Waals surface area contributed by atoms with Crippen LogP contribution < -0.4 is 9.58 Å². The highest BCUT2D eigenvalue weighted by Crippen LogP contribution is 2.10. The molecule has 0 atom stereocenters. The second-order valence-electron chi connectivity index (χ2n) is 5.12. The van der Waals surface area contributed by atoms with E-state index in [0.717, 1.165) is 11.3 Å². The quantitative estimate of drug-likeness (QED) is 0.362. The molecule has 0 spiro atoms. The Labute approximate surface area is 136 Å². The molecule has 0 aliphatic rings. The van der Waals surface area contributed by atoms with Gasteiger partial charge in [-0.25, -0.2) is 4.57 Å². The Kier molecular flexibility index (Phi) is 5.84. The Hall–Kier alpha value is -2.25. The van der Waals surface area contributed by atoms with Crippen molar-refractivity contribution in [1.29, 1.82) is 0 Å². The van der Waals surface area contributed by atoms with E-state index >= 15 is 0 Å². The SMILES string of the molecule is CN(/N=C/c1ccc[n+](CCCS(=O)(=O)O)c1)c1ccccc1. The predicted molar refractivity (Wildman–Crippen MR) is 90.1 cm³/mol. The van der Waals surface area contributed by atoms with Crippen LogP contribution in [0.15, 0.2) is 60.0 Å². The van der Waals surface area contributed by atoms with Crippen molar-refractivity contribution in [2.45, 2.75) is 13.0 Å². The fraction of sp³-hybridized carbons (Fsp3) is 0.250. The Balaban J connectivity index is 1.98. The minimum Gasteiger partial charge on any atom is -0.286 e. The third-order valence-corrected chi connectivity index (χ3v) is 4.01. The van der Waals surface area contributed by atoms with Crippen molar-refractivity contribution in [1.82, 2.24) is 0 Å². The van der Waals surface area contributed by atoms with Gasteiger partial charge in [0.25, 0.3) is 10.1 Å². The lowest BCUT2D eigenvalue weighted by molar-refractivity contribution is -0.696. The average Bonchev–Trinajstić information content (AvgIpc) is 2.53. The zero-order chi connectivity index (χ0) is 16.7. The summed E-state index contributed by atoms with van der Waals surface area (Å²) in [7, 11) is -2.03. The maximum absolute atomic E-state index is 10.7. The van der Waals surface area contributed by atoms with E-state index in [1.807, 2.05) is 66.5 Å². The van der Waals surface area contributed by atoms with E-state index in [2.05, 4.69) is 5.10 Å². The van der Waals surface area contributed by atoms with Crippen LogP contribution in [-0.2, 0) is 16.7 Å². The molecule has 0 radical (unpaired) electrons. The van der Waals surface area contributed by atoms with Gasteiger partial charge in [0.15, 0.2) is 12.4 Å². The highest BCUT2D eigenvalue weighted by Gasteiger charge is 2.07. The van der Waals surface area contributed by atoms with Gasteiger partial charge < -0.3 is 0 Å². The van der Waals surface area contributed by atoms with Crippen LogP contribution in [0.25, 0.3) is 0 Å². The average molecular weight is 334 g/mol. The van der Waals surface area contributed by atoms with Gasteiger partial charge in [0.1, 0.15) is 6.54 Å². The first-order valence-electron chi connectivity index (χ1n) is 7.21. The van der Waals surface area contributed by atoms with Crippen LogP contribution in [0.5, 0.6) is 0 Å². The number of aromatic nitrogens is 1. The number of benzene rings is 1. The molecule has 7 heteroatoms. The van der Waals surface area contributed by atoms with Crippen LogP contribution >= 0.6 is 0 Å². The molecule has 6 nitrogen and oxygen atoms in total. The largest absolute Gasteiger partial charge is 0.286 e. The number of anilines is 1. The van der Waals surface area contributed by atoms with E-state index in [1.54, 1.807) is 11.2 Å².